The van der Waals surface area contributed by atoms with Gasteiger partial charge in [-0.15, -0.1) is 10.2 Å². The second-order valence-electron chi connectivity index (χ2n) is 7.32. The molecule has 3 aliphatic rings. The van der Waals surface area contributed by atoms with Crippen molar-refractivity contribution in [2.75, 3.05) is 23.3 Å². The quantitative estimate of drug-likeness (QED) is 0.896. The molecule has 1 amide bonds. The Morgan fingerprint density at radius 2 is 1.92 bits per heavy atom. The van der Waals surface area contributed by atoms with Crippen LogP contribution in [0.2, 0.25) is 5.15 Å². The summed E-state index contributed by atoms with van der Waals surface area (Å²) in [5.74, 6) is 1.67. The molecule has 1 aromatic heterocycles. The smallest absolute Gasteiger partial charge is 0.235 e. The zero-order valence-corrected chi connectivity index (χ0v) is 14.6. The molecule has 0 unspecified atom stereocenters. The Morgan fingerprint density at radius 3 is 2.60 bits per heavy atom. The van der Waals surface area contributed by atoms with E-state index in [9.17, 15) is 4.79 Å². The van der Waals surface area contributed by atoms with Gasteiger partial charge in [0.05, 0.1) is 5.41 Å². The number of halogens is 1. The predicted molar refractivity (Wildman–Crippen MR) is 97.2 cm³/mol. The minimum Gasteiger partial charge on any atom is -0.355 e. The molecule has 0 bridgehead atoms. The summed E-state index contributed by atoms with van der Waals surface area (Å²) in [5, 5.41) is 11.6. The molecule has 6 heteroatoms. The van der Waals surface area contributed by atoms with E-state index in [0.717, 1.165) is 37.4 Å². The first-order valence-corrected chi connectivity index (χ1v) is 9.24. The van der Waals surface area contributed by atoms with Crippen molar-refractivity contribution in [3.8, 4) is 0 Å². The normalized spacial score (nSPS) is 21.3. The highest BCUT2D eigenvalue weighted by Gasteiger charge is 2.49. The van der Waals surface area contributed by atoms with Crippen LogP contribution in [0.5, 0.6) is 0 Å². The molecule has 128 valence electrons. The SMILES string of the molecule is O=C1Nc2ccc(C3CC3)cc2C12CCN(c1ccc(Cl)nn1)CC2. The Morgan fingerprint density at radius 1 is 1.12 bits per heavy atom. The van der Waals surface area contributed by atoms with Gasteiger partial charge in [0.15, 0.2) is 11.0 Å². The Labute approximate surface area is 151 Å². The van der Waals surface area contributed by atoms with Crippen molar-refractivity contribution in [2.24, 2.45) is 0 Å². The number of nitrogens with zero attached hydrogens (tertiary/aromatic N) is 3. The molecule has 2 aromatic rings. The maximum atomic E-state index is 12.8. The lowest BCUT2D eigenvalue weighted by Gasteiger charge is -2.38. The molecule has 1 aromatic carbocycles. The number of piperidine rings is 1. The van der Waals surface area contributed by atoms with Gasteiger partial charge in [-0.2, -0.15) is 0 Å². The molecule has 2 fully saturated rings. The molecule has 2 aliphatic heterocycles. The molecular weight excluding hydrogens is 336 g/mol. The van der Waals surface area contributed by atoms with Gasteiger partial charge < -0.3 is 10.2 Å². The maximum absolute atomic E-state index is 12.8. The lowest BCUT2D eigenvalue weighted by atomic mass is 9.73. The molecule has 1 aliphatic carbocycles. The van der Waals surface area contributed by atoms with Gasteiger partial charge in [0.2, 0.25) is 5.91 Å². The summed E-state index contributed by atoms with van der Waals surface area (Å²) in [4.78, 5) is 15.0. The van der Waals surface area contributed by atoms with Crippen LogP contribution >= 0.6 is 11.6 Å². The number of nitrogens with one attached hydrogen (secondary N) is 1. The zero-order chi connectivity index (χ0) is 17.0. The van der Waals surface area contributed by atoms with Crippen molar-refractivity contribution in [3.63, 3.8) is 0 Å². The van der Waals surface area contributed by atoms with Crippen molar-refractivity contribution < 1.29 is 4.79 Å². The number of amides is 1. The highest BCUT2D eigenvalue weighted by atomic mass is 35.5. The van der Waals surface area contributed by atoms with E-state index in [0.29, 0.717) is 11.1 Å². The van der Waals surface area contributed by atoms with Crippen molar-refractivity contribution in [1.29, 1.82) is 0 Å². The van der Waals surface area contributed by atoms with Crippen molar-refractivity contribution >= 4 is 29.0 Å². The topological polar surface area (TPSA) is 58.1 Å². The van der Waals surface area contributed by atoms with Gasteiger partial charge in [0, 0.05) is 18.8 Å². The zero-order valence-electron chi connectivity index (χ0n) is 13.8. The molecule has 1 N–H and O–H groups in total. The number of hydrogen-bond donors (Lipinski definition) is 1. The fourth-order valence-electron chi connectivity index (χ4n) is 4.19. The van der Waals surface area contributed by atoms with Crippen LogP contribution < -0.4 is 10.2 Å². The van der Waals surface area contributed by atoms with Crippen LogP contribution in [0.15, 0.2) is 30.3 Å². The fourth-order valence-corrected chi connectivity index (χ4v) is 4.29. The van der Waals surface area contributed by atoms with E-state index in [1.54, 1.807) is 6.07 Å². The van der Waals surface area contributed by atoms with Gasteiger partial charge >= 0.3 is 0 Å². The second kappa shape index (κ2) is 5.43. The minimum absolute atomic E-state index is 0.150. The average Bonchev–Trinajstić information content (AvgIpc) is 3.44. The molecule has 1 spiro atoms. The fraction of sp³-hybridized carbons (Fsp3) is 0.421. The predicted octanol–water partition coefficient (Wildman–Crippen LogP) is 3.50. The number of carbonyl (C=O) groups is 1. The Kier molecular flexibility index (Phi) is 3.29. The Bertz CT molecular complexity index is 839. The number of hydrogen-bond acceptors (Lipinski definition) is 4. The molecule has 5 nitrogen and oxygen atoms in total. The number of rotatable bonds is 2. The third-order valence-electron chi connectivity index (χ3n) is 5.85. The van der Waals surface area contributed by atoms with E-state index >= 15 is 0 Å². The van der Waals surface area contributed by atoms with Crippen LogP contribution in [-0.4, -0.2) is 29.2 Å². The molecule has 25 heavy (non-hydrogen) atoms. The van der Waals surface area contributed by atoms with E-state index in [1.807, 2.05) is 6.07 Å². The van der Waals surface area contributed by atoms with Gasteiger partial charge in [0.25, 0.3) is 0 Å². The molecule has 0 radical (unpaired) electrons. The van der Waals surface area contributed by atoms with E-state index in [1.165, 1.54) is 24.0 Å². The number of fused-ring (bicyclic) bond motifs is 2. The van der Waals surface area contributed by atoms with Gasteiger partial charge in [0.1, 0.15) is 0 Å². The van der Waals surface area contributed by atoms with E-state index in [4.69, 9.17) is 11.6 Å². The van der Waals surface area contributed by atoms with Gasteiger partial charge in [-0.05, 0) is 60.9 Å². The van der Waals surface area contributed by atoms with Crippen LogP contribution in [0.4, 0.5) is 11.5 Å². The Hall–Kier alpha value is -2.14. The van der Waals surface area contributed by atoms with Crippen LogP contribution in [-0.2, 0) is 10.2 Å². The summed E-state index contributed by atoms with van der Waals surface area (Å²) in [5.41, 5.74) is 3.19. The van der Waals surface area contributed by atoms with E-state index < -0.39 is 5.41 Å². The molecule has 1 saturated carbocycles. The van der Waals surface area contributed by atoms with Gasteiger partial charge in [-0.25, -0.2) is 0 Å². The number of anilines is 2. The summed E-state index contributed by atoms with van der Waals surface area (Å²) in [7, 11) is 0. The Balaban J connectivity index is 1.43. The number of benzene rings is 1. The largest absolute Gasteiger partial charge is 0.355 e. The lowest BCUT2D eigenvalue weighted by molar-refractivity contribution is -0.121. The molecular formula is C19H19ClN4O. The summed E-state index contributed by atoms with van der Waals surface area (Å²) in [6, 6.07) is 10.2. The summed E-state index contributed by atoms with van der Waals surface area (Å²) in [6.07, 6.45) is 4.14. The lowest BCUT2D eigenvalue weighted by Crippen LogP contribution is -2.46. The summed E-state index contributed by atoms with van der Waals surface area (Å²) >= 11 is 5.82. The van der Waals surface area contributed by atoms with Crippen molar-refractivity contribution in [1.82, 2.24) is 10.2 Å². The second-order valence-corrected chi connectivity index (χ2v) is 7.70. The van der Waals surface area contributed by atoms with Gasteiger partial charge in [-0.3, -0.25) is 4.79 Å². The highest BCUT2D eigenvalue weighted by molar-refractivity contribution is 6.29. The van der Waals surface area contributed by atoms with Gasteiger partial charge in [-0.1, -0.05) is 23.7 Å². The van der Waals surface area contributed by atoms with Crippen LogP contribution in [0.3, 0.4) is 0 Å². The first-order chi connectivity index (χ1) is 12.2. The highest BCUT2D eigenvalue weighted by Crippen LogP contribution is 2.48. The third-order valence-corrected chi connectivity index (χ3v) is 6.05. The molecule has 0 atom stereocenters. The molecule has 3 heterocycles. The monoisotopic (exact) mass is 354 g/mol. The van der Waals surface area contributed by atoms with Crippen LogP contribution in [0.25, 0.3) is 0 Å². The minimum atomic E-state index is -0.392. The van der Waals surface area contributed by atoms with E-state index in [-0.39, 0.29) is 5.91 Å². The number of aromatic nitrogens is 2. The molecule has 5 rings (SSSR count). The summed E-state index contributed by atoms with van der Waals surface area (Å²) < 4.78 is 0. The third kappa shape index (κ3) is 2.41. The molecule has 1 saturated heterocycles. The average molecular weight is 355 g/mol. The standard InChI is InChI=1S/C19H19ClN4O/c20-16-5-6-17(23-22-16)24-9-7-19(8-10-24)14-11-13(12-1-2-12)3-4-15(14)21-18(19)25/h3-6,11-12H,1-2,7-10H2,(H,21,25). The maximum Gasteiger partial charge on any atom is 0.235 e. The van der Waals surface area contributed by atoms with Crippen molar-refractivity contribution in [3.05, 3.63) is 46.6 Å². The van der Waals surface area contributed by atoms with E-state index in [2.05, 4.69) is 38.6 Å². The summed E-state index contributed by atoms with van der Waals surface area (Å²) in [6.45, 7) is 1.58. The first kappa shape index (κ1) is 15.1. The van der Waals surface area contributed by atoms with Crippen molar-refractivity contribution in [2.45, 2.75) is 37.0 Å². The van der Waals surface area contributed by atoms with Crippen LogP contribution in [0, 0.1) is 0 Å². The first-order valence-electron chi connectivity index (χ1n) is 8.86. The number of carbonyl (C=O) groups excluding carboxylic acids is 1. The van der Waals surface area contributed by atoms with Crippen LogP contribution in [0.1, 0.15) is 42.7 Å².